The smallest absolute Gasteiger partial charge is 0.160 e. The number of hydrogen-bond acceptors (Lipinski definition) is 12. The molecule has 60 heavy (non-hydrogen) atoms. The second kappa shape index (κ2) is 20.9. The van der Waals surface area contributed by atoms with Crippen molar-refractivity contribution in [3.8, 4) is 28.7 Å². The number of halogens is 4. The summed E-state index contributed by atoms with van der Waals surface area (Å²) >= 11 is 23.2. The number of fused-ring (bicyclic) bond motifs is 2. The number of phenolic OH excluding ortho intramolecular Hbond substituents is 4. The number of phenols is 4. The fourth-order valence-electron chi connectivity index (χ4n) is 5.46. The molecule has 0 aliphatic carbocycles. The summed E-state index contributed by atoms with van der Waals surface area (Å²) in [6.07, 6.45) is 6.84. The molecule has 0 bridgehead atoms. The van der Waals surface area contributed by atoms with Crippen LogP contribution in [0, 0.1) is 6.92 Å². The van der Waals surface area contributed by atoms with Crippen LogP contribution in [0.5, 0.6) is 28.7 Å². The van der Waals surface area contributed by atoms with Crippen molar-refractivity contribution in [1.29, 1.82) is 0 Å². The average molecular weight is 887 g/mol. The van der Waals surface area contributed by atoms with E-state index >= 15 is 0 Å². The molecule has 8 aromatic rings. The van der Waals surface area contributed by atoms with E-state index in [1.54, 1.807) is 48.8 Å². The minimum atomic E-state index is -0.516. The summed E-state index contributed by atoms with van der Waals surface area (Å²) in [6, 6.07) is 29.0. The Bertz CT molecular complexity index is 2760. The van der Waals surface area contributed by atoms with E-state index in [-0.39, 0.29) is 23.0 Å². The van der Waals surface area contributed by atoms with Crippen LogP contribution in [0.1, 0.15) is 33.1 Å². The SMILES string of the molecule is COc1ccc(C=O)cc1O.Cc1ccc(C(Nc2cc(Cl)c(Cl)cn2)c2ccc3cccnc3c2O)cc1O.Nc1cc(Cl)c(Cl)cn1.Oc1cccc2cccnc12. The fourth-order valence-corrected chi connectivity index (χ4v) is 5.98. The number of nitrogen functional groups attached to an aromatic ring is 1. The highest BCUT2D eigenvalue weighted by molar-refractivity contribution is 6.42. The molecule has 0 radical (unpaired) electrons. The molecule has 0 aliphatic heterocycles. The average Bonchev–Trinajstić information content (AvgIpc) is 3.25. The van der Waals surface area contributed by atoms with Gasteiger partial charge in [0.05, 0.1) is 33.2 Å². The molecule has 306 valence electrons. The number of hydrogen-bond donors (Lipinski definition) is 6. The van der Waals surface area contributed by atoms with Crippen molar-refractivity contribution >= 4 is 86.1 Å². The van der Waals surface area contributed by atoms with Crippen LogP contribution in [0.4, 0.5) is 11.6 Å². The van der Waals surface area contributed by atoms with Gasteiger partial charge in [-0.15, -0.1) is 0 Å². The van der Waals surface area contributed by atoms with Crippen molar-refractivity contribution < 1.29 is 30.0 Å². The predicted molar refractivity (Wildman–Crippen MR) is 238 cm³/mol. The van der Waals surface area contributed by atoms with Crippen LogP contribution in [0.25, 0.3) is 21.8 Å². The first-order valence-corrected chi connectivity index (χ1v) is 19.2. The molecule has 0 spiro atoms. The number of aryl methyl sites for hydroxylation is 1. The first-order valence-electron chi connectivity index (χ1n) is 17.6. The van der Waals surface area contributed by atoms with Crippen LogP contribution in [0.2, 0.25) is 20.1 Å². The highest BCUT2D eigenvalue weighted by atomic mass is 35.5. The molecule has 12 nitrogen and oxygen atoms in total. The minimum absolute atomic E-state index is 0.0166. The van der Waals surface area contributed by atoms with Crippen LogP contribution in [-0.2, 0) is 0 Å². The van der Waals surface area contributed by atoms with Crippen LogP contribution in [0.3, 0.4) is 0 Å². The van der Waals surface area contributed by atoms with E-state index in [1.165, 1.54) is 31.6 Å². The van der Waals surface area contributed by atoms with Gasteiger partial charge in [-0.2, -0.15) is 0 Å². The molecule has 16 heteroatoms. The summed E-state index contributed by atoms with van der Waals surface area (Å²) < 4.78 is 4.78. The number of aromatic hydroxyl groups is 4. The zero-order valence-corrected chi connectivity index (χ0v) is 34.8. The Balaban J connectivity index is 0.000000179. The molecular weight excluding hydrogens is 850 g/mol. The van der Waals surface area contributed by atoms with Gasteiger partial charge in [0.1, 0.15) is 46.2 Å². The quantitative estimate of drug-likeness (QED) is 0.0866. The molecule has 0 aliphatic rings. The second-order valence-corrected chi connectivity index (χ2v) is 14.2. The number of anilines is 2. The van der Waals surface area contributed by atoms with Crippen LogP contribution in [-0.4, -0.2) is 53.8 Å². The van der Waals surface area contributed by atoms with E-state index < -0.39 is 6.04 Å². The molecule has 1 unspecified atom stereocenters. The van der Waals surface area contributed by atoms with Gasteiger partial charge in [-0.1, -0.05) is 94.9 Å². The summed E-state index contributed by atoms with van der Waals surface area (Å²) in [4.78, 5) is 26.5. The number of ether oxygens (including phenoxy) is 1. The highest BCUT2D eigenvalue weighted by Gasteiger charge is 2.21. The van der Waals surface area contributed by atoms with Gasteiger partial charge >= 0.3 is 0 Å². The Kier molecular flexibility index (Phi) is 15.5. The van der Waals surface area contributed by atoms with Gasteiger partial charge < -0.3 is 36.2 Å². The highest BCUT2D eigenvalue weighted by Crippen LogP contribution is 2.38. The number of aromatic nitrogens is 4. The molecular formula is C44H36Cl4N6O6. The number of carbonyl (C=O) groups excluding carboxylic acids is 1. The third-order valence-electron chi connectivity index (χ3n) is 8.54. The topological polar surface area (TPSA) is 197 Å². The van der Waals surface area contributed by atoms with E-state index in [0.717, 1.165) is 21.9 Å². The lowest BCUT2D eigenvalue weighted by Gasteiger charge is -2.22. The molecule has 0 saturated carbocycles. The number of carbonyl (C=O) groups is 1. The standard InChI is InChI=1S/C22H17Cl2N3O2.C9H7NO.C8H8O3.C5H4Cl2N2/c1-12-4-5-14(9-18(12)28)20(27-19-10-16(23)17(24)11-26-19)15-7-6-13-3-2-8-25-21(13)22(15)29;11-8-5-1-3-7-4-2-6-10-9(7)8;1-11-8-3-2-6(5-9)4-7(8)10;6-3-1-5(8)9-2-4(3)7/h2-11,20,28-29H,1H3,(H,26,27);1-6,11H;2-5,10H,1H3;1-2H,(H2,8,9). The van der Waals surface area contributed by atoms with E-state index in [0.29, 0.717) is 65.9 Å². The summed E-state index contributed by atoms with van der Waals surface area (Å²) in [5.74, 6) is 1.67. The Labute approximate surface area is 364 Å². The van der Waals surface area contributed by atoms with Crippen molar-refractivity contribution in [3.63, 3.8) is 0 Å². The van der Waals surface area contributed by atoms with E-state index in [9.17, 15) is 20.1 Å². The number of para-hydroxylation sites is 1. The molecule has 0 amide bonds. The zero-order valence-electron chi connectivity index (χ0n) is 31.8. The van der Waals surface area contributed by atoms with Gasteiger partial charge in [0, 0.05) is 58.8 Å². The third kappa shape index (κ3) is 11.5. The zero-order chi connectivity index (χ0) is 43.3. The molecule has 4 aromatic carbocycles. The summed E-state index contributed by atoms with van der Waals surface area (Å²) in [5.41, 5.74) is 8.95. The molecule has 8 rings (SSSR count). The molecule has 7 N–H and O–H groups in total. The Hall–Kier alpha value is -6.57. The van der Waals surface area contributed by atoms with Gasteiger partial charge in [-0.05, 0) is 60.5 Å². The monoisotopic (exact) mass is 884 g/mol. The van der Waals surface area contributed by atoms with E-state index in [4.69, 9.17) is 62.0 Å². The molecule has 4 heterocycles. The first-order chi connectivity index (χ1) is 28.8. The maximum atomic E-state index is 10.9. The summed E-state index contributed by atoms with van der Waals surface area (Å²) in [6.45, 7) is 1.82. The van der Waals surface area contributed by atoms with Crippen LogP contribution < -0.4 is 15.8 Å². The van der Waals surface area contributed by atoms with E-state index in [1.807, 2.05) is 61.5 Å². The van der Waals surface area contributed by atoms with Crippen molar-refractivity contribution in [2.75, 3.05) is 18.2 Å². The largest absolute Gasteiger partial charge is 0.508 e. The first kappa shape index (κ1) is 44.5. The number of rotatable bonds is 6. The van der Waals surface area contributed by atoms with Gasteiger partial charge in [0.15, 0.2) is 11.5 Å². The number of nitrogens with one attached hydrogen (secondary N) is 1. The normalized spacial score (nSPS) is 10.8. The molecule has 1 atom stereocenters. The molecule has 4 aromatic heterocycles. The minimum Gasteiger partial charge on any atom is -0.508 e. The van der Waals surface area contributed by atoms with Gasteiger partial charge in [0.25, 0.3) is 0 Å². The number of nitrogens with two attached hydrogens (primary N) is 1. The lowest BCUT2D eigenvalue weighted by atomic mass is 9.95. The number of benzene rings is 4. The van der Waals surface area contributed by atoms with Crippen LogP contribution >= 0.6 is 46.4 Å². The Morgan fingerprint density at radius 3 is 1.92 bits per heavy atom. The summed E-state index contributed by atoms with van der Waals surface area (Å²) in [5, 5.41) is 46.3. The maximum Gasteiger partial charge on any atom is 0.160 e. The van der Waals surface area contributed by atoms with Crippen LogP contribution in [0.15, 0.2) is 128 Å². The van der Waals surface area contributed by atoms with Gasteiger partial charge in [-0.25, -0.2) is 9.97 Å². The van der Waals surface area contributed by atoms with Crippen molar-refractivity contribution in [3.05, 3.63) is 170 Å². The molecule has 0 fully saturated rings. The Morgan fingerprint density at radius 2 is 1.32 bits per heavy atom. The van der Waals surface area contributed by atoms with Gasteiger partial charge in [0.2, 0.25) is 0 Å². The number of methoxy groups -OCH3 is 1. The lowest BCUT2D eigenvalue weighted by molar-refractivity contribution is 0.112. The third-order valence-corrected chi connectivity index (χ3v) is 9.96. The Morgan fingerprint density at radius 1 is 0.667 bits per heavy atom. The number of nitrogens with zero attached hydrogens (tertiary/aromatic N) is 4. The maximum absolute atomic E-state index is 10.9. The van der Waals surface area contributed by atoms with Crippen molar-refractivity contribution in [2.24, 2.45) is 0 Å². The van der Waals surface area contributed by atoms with Crippen molar-refractivity contribution in [1.82, 2.24) is 19.9 Å². The second-order valence-electron chi connectivity index (χ2n) is 12.6. The van der Waals surface area contributed by atoms with E-state index in [2.05, 4.69) is 25.3 Å². The fraction of sp³-hybridized carbons (Fsp3) is 0.0682. The predicted octanol–water partition coefficient (Wildman–Crippen LogP) is 11.0. The molecule has 0 saturated heterocycles. The summed E-state index contributed by atoms with van der Waals surface area (Å²) in [7, 11) is 1.45. The number of pyridine rings is 4. The lowest BCUT2D eigenvalue weighted by Crippen LogP contribution is -2.14. The van der Waals surface area contributed by atoms with Crippen molar-refractivity contribution in [2.45, 2.75) is 13.0 Å². The number of aldehydes is 1. The van der Waals surface area contributed by atoms with Gasteiger partial charge in [-0.3, -0.25) is 14.8 Å².